The van der Waals surface area contributed by atoms with Gasteiger partial charge in [0.15, 0.2) is 0 Å². The molecule has 0 saturated carbocycles. The Morgan fingerprint density at radius 3 is 3.12 bits per heavy atom. The van der Waals surface area contributed by atoms with Crippen molar-refractivity contribution in [1.29, 1.82) is 0 Å². The van der Waals surface area contributed by atoms with E-state index in [0.29, 0.717) is 6.54 Å². The van der Waals surface area contributed by atoms with Gasteiger partial charge in [-0.1, -0.05) is 18.2 Å². The van der Waals surface area contributed by atoms with Crippen molar-refractivity contribution in [2.75, 3.05) is 12.3 Å². The van der Waals surface area contributed by atoms with Gasteiger partial charge in [0.1, 0.15) is 0 Å². The van der Waals surface area contributed by atoms with E-state index < -0.39 is 0 Å². The third-order valence-electron chi connectivity index (χ3n) is 3.45. The highest BCUT2D eigenvalue weighted by Crippen LogP contribution is 2.37. The van der Waals surface area contributed by atoms with Crippen molar-refractivity contribution >= 4 is 17.7 Å². The Morgan fingerprint density at radius 1 is 1.41 bits per heavy atom. The Kier molecular flexibility index (Phi) is 2.84. The van der Waals surface area contributed by atoms with Crippen molar-refractivity contribution in [2.45, 2.75) is 30.3 Å². The number of benzene rings is 1. The second-order valence-electron chi connectivity index (χ2n) is 4.62. The first-order valence-corrected chi connectivity index (χ1v) is 7.02. The molecule has 0 bridgehead atoms. The van der Waals surface area contributed by atoms with Crippen LogP contribution in [0.2, 0.25) is 0 Å². The molecular weight excluding hydrogens is 232 g/mol. The molecule has 1 amide bonds. The first kappa shape index (κ1) is 11.1. The van der Waals surface area contributed by atoms with E-state index in [-0.39, 0.29) is 18.0 Å². The molecule has 2 N–H and O–H groups in total. The zero-order valence-corrected chi connectivity index (χ0v) is 10.6. The standard InChI is InChI=1S/C13H16N2OS/c1-8-13(16)14-7-11(15-8)10-4-2-3-9-5-6-17-12(9)10/h2-4,8,11,15H,5-7H2,1H3,(H,14,16)/t8-,11?/m0/s1. The topological polar surface area (TPSA) is 41.1 Å². The van der Waals surface area contributed by atoms with E-state index in [2.05, 4.69) is 28.8 Å². The van der Waals surface area contributed by atoms with Gasteiger partial charge in [0, 0.05) is 17.2 Å². The molecule has 2 heterocycles. The molecule has 4 heteroatoms. The lowest BCUT2D eigenvalue weighted by molar-refractivity contribution is -0.124. The summed E-state index contributed by atoms with van der Waals surface area (Å²) in [4.78, 5) is 12.9. The fourth-order valence-corrected chi connectivity index (χ4v) is 3.77. The fourth-order valence-electron chi connectivity index (χ4n) is 2.51. The summed E-state index contributed by atoms with van der Waals surface area (Å²) in [5, 5.41) is 6.35. The van der Waals surface area contributed by atoms with Crippen LogP contribution in [0.3, 0.4) is 0 Å². The van der Waals surface area contributed by atoms with Crippen LogP contribution in [0, 0.1) is 0 Å². The summed E-state index contributed by atoms with van der Waals surface area (Å²) in [6.45, 7) is 2.61. The number of hydrogen-bond acceptors (Lipinski definition) is 3. The third kappa shape index (κ3) is 1.96. The molecule has 1 fully saturated rings. The summed E-state index contributed by atoms with van der Waals surface area (Å²) in [6.07, 6.45) is 1.17. The Labute approximate surface area is 105 Å². The largest absolute Gasteiger partial charge is 0.353 e. The molecule has 3 rings (SSSR count). The average molecular weight is 248 g/mol. The maximum Gasteiger partial charge on any atom is 0.236 e. The molecule has 1 saturated heterocycles. The van der Waals surface area contributed by atoms with Crippen molar-refractivity contribution in [2.24, 2.45) is 0 Å². The predicted octanol–water partition coefficient (Wildman–Crippen LogP) is 1.48. The smallest absolute Gasteiger partial charge is 0.236 e. The molecule has 1 aromatic carbocycles. The molecule has 2 atom stereocenters. The molecule has 90 valence electrons. The van der Waals surface area contributed by atoms with E-state index in [1.807, 2.05) is 18.7 Å². The predicted molar refractivity (Wildman–Crippen MR) is 69.2 cm³/mol. The van der Waals surface area contributed by atoms with Gasteiger partial charge in [-0.2, -0.15) is 0 Å². The Morgan fingerprint density at radius 2 is 2.29 bits per heavy atom. The molecule has 1 unspecified atom stereocenters. The molecule has 17 heavy (non-hydrogen) atoms. The molecule has 3 nitrogen and oxygen atoms in total. The normalized spacial score (nSPS) is 27.7. The molecule has 0 spiro atoms. The Bertz CT molecular complexity index is 461. The monoisotopic (exact) mass is 248 g/mol. The van der Waals surface area contributed by atoms with Crippen LogP contribution in [0.15, 0.2) is 23.1 Å². The molecule has 0 aliphatic carbocycles. The first-order valence-electron chi connectivity index (χ1n) is 6.04. The van der Waals surface area contributed by atoms with E-state index in [1.165, 1.54) is 28.2 Å². The molecule has 2 aliphatic rings. The van der Waals surface area contributed by atoms with Crippen LogP contribution in [0.1, 0.15) is 24.1 Å². The molecule has 2 aliphatic heterocycles. The second kappa shape index (κ2) is 4.35. The number of hydrogen-bond donors (Lipinski definition) is 2. The average Bonchev–Trinajstić information content (AvgIpc) is 2.80. The summed E-state index contributed by atoms with van der Waals surface area (Å²) in [5.74, 6) is 1.28. The number of fused-ring (bicyclic) bond motifs is 1. The molecular formula is C13H16N2OS. The zero-order chi connectivity index (χ0) is 11.8. The molecule has 1 aromatic rings. The van der Waals surface area contributed by atoms with Gasteiger partial charge in [-0.3, -0.25) is 10.1 Å². The minimum Gasteiger partial charge on any atom is -0.353 e. The minimum atomic E-state index is -0.101. The van der Waals surface area contributed by atoms with Crippen LogP contribution < -0.4 is 10.6 Å². The first-order chi connectivity index (χ1) is 8.25. The van der Waals surface area contributed by atoms with Crippen molar-refractivity contribution in [3.05, 3.63) is 29.3 Å². The van der Waals surface area contributed by atoms with Crippen molar-refractivity contribution in [3.63, 3.8) is 0 Å². The highest BCUT2D eigenvalue weighted by molar-refractivity contribution is 7.99. The maximum atomic E-state index is 11.4. The summed E-state index contributed by atoms with van der Waals surface area (Å²) in [5.41, 5.74) is 2.80. The van der Waals surface area contributed by atoms with Crippen LogP contribution >= 0.6 is 11.8 Å². The lowest BCUT2D eigenvalue weighted by Crippen LogP contribution is -2.53. The van der Waals surface area contributed by atoms with Gasteiger partial charge in [-0.15, -0.1) is 11.8 Å². The SMILES string of the molecule is C[C@@H]1NC(c2cccc3c2SCC3)CNC1=O. The van der Waals surface area contributed by atoms with E-state index >= 15 is 0 Å². The summed E-state index contributed by atoms with van der Waals surface area (Å²) < 4.78 is 0. The van der Waals surface area contributed by atoms with E-state index in [1.54, 1.807) is 0 Å². The van der Waals surface area contributed by atoms with Crippen molar-refractivity contribution < 1.29 is 4.79 Å². The summed E-state index contributed by atoms with van der Waals surface area (Å²) >= 11 is 1.94. The second-order valence-corrected chi connectivity index (χ2v) is 5.73. The number of rotatable bonds is 1. The number of piperazine rings is 1. The number of amides is 1. The van der Waals surface area contributed by atoms with Crippen LogP contribution in [0.25, 0.3) is 0 Å². The molecule has 0 radical (unpaired) electrons. The van der Waals surface area contributed by atoms with Crippen molar-refractivity contribution in [3.8, 4) is 0 Å². The zero-order valence-electron chi connectivity index (χ0n) is 9.82. The van der Waals surface area contributed by atoms with Gasteiger partial charge in [0.05, 0.1) is 12.1 Å². The van der Waals surface area contributed by atoms with Gasteiger partial charge in [0.2, 0.25) is 5.91 Å². The van der Waals surface area contributed by atoms with Gasteiger partial charge < -0.3 is 5.32 Å². The number of nitrogens with one attached hydrogen (secondary N) is 2. The van der Waals surface area contributed by atoms with Gasteiger partial charge in [-0.05, 0) is 24.5 Å². The number of thioether (sulfide) groups is 1. The van der Waals surface area contributed by atoms with Gasteiger partial charge in [-0.25, -0.2) is 0 Å². The van der Waals surface area contributed by atoms with Crippen LogP contribution in [-0.2, 0) is 11.2 Å². The number of carbonyl (C=O) groups excluding carboxylic acids is 1. The Hall–Kier alpha value is -1.00. The van der Waals surface area contributed by atoms with E-state index in [0.717, 1.165) is 0 Å². The van der Waals surface area contributed by atoms with E-state index in [9.17, 15) is 4.79 Å². The number of carbonyl (C=O) groups is 1. The van der Waals surface area contributed by atoms with Crippen LogP contribution in [-0.4, -0.2) is 24.2 Å². The van der Waals surface area contributed by atoms with Gasteiger partial charge >= 0.3 is 0 Å². The van der Waals surface area contributed by atoms with E-state index in [4.69, 9.17) is 0 Å². The minimum absolute atomic E-state index is 0.0986. The van der Waals surface area contributed by atoms with Gasteiger partial charge in [0.25, 0.3) is 0 Å². The lowest BCUT2D eigenvalue weighted by Gasteiger charge is -2.30. The maximum absolute atomic E-state index is 11.4. The molecule has 0 aromatic heterocycles. The summed E-state index contributed by atoms with van der Waals surface area (Å²) in [6, 6.07) is 6.67. The lowest BCUT2D eigenvalue weighted by atomic mass is 10.00. The number of aryl methyl sites for hydroxylation is 1. The summed E-state index contributed by atoms with van der Waals surface area (Å²) in [7, 11) is 0. The highest BCUT2D eigenvalue weighted by Gasteiger charge is 2.28. The van der Waals surface area contributed by atoms with Crippen molar-refractivity contribution in [1.82, 2.24) is 10.6 Å². The fraction of sp³-hybridized carbons (Fsp3) is 0.462. The van der Waals surface area contributed by atoms with Crippen LogP contribution in [0.5, 0.6) is 0 Å². The Balaban J connectivity index is 1.90. The highest BCUT2D eigenvalue weighted by atomic mass is 32.2. The quantitative estimate of drug-likeness (QED) is 0.791. The van der Waals surface area contributed by atoms with Crippen LogP contribution in [0.4, 0.5) is 0 Å². The third-order valence-corrected chi connectivity index (χ3v) is 4.64.